The van der Waals surface area contributed by atoms with Crippen molar-refractivity contribution >= 4 is 0 Å². The second kappa shape index (κ2) is 6.39. The SMILES string of the molecule is COc1ccc(-c2cc(OC)c(OC)cc2C)cc1OC. The maximum absolute atomic E-state index is 5.37. The van der Waals surface area contributed by atoms with E-state index in [1.165, 1.54) is 0 Å². The molecule has 0 amide bonds. The molecule has 2 aromatic carbocycles. The van der Waals surface area contributed by atoms with Gasteiger partial charge in [-0.3, -0.25) is 0 Å². The second-order valence-corrected chi connectivity index (χ2v) is 4.59. The summed E-state index contributed by atoms with van der Waals surface area (Å²) in [5, 5.41) is 0. The molecule has 0 bridgehead atoms. The summed E-state index contributed by atoms with van der Waals surface area (Å²) in [5.41, 5.74) is 3.19. The zero-order valence-corrected chi connectivity index (χ0v) is 13.0. The van der Waals surface area contributed by atoms with Crippen LogP contribution in [0.25, 0.3) is 11.1 Å². The van der Waals surface area contributed by atoms with Crippen LogP contribution >= 0.6 is 0 Å². The van der Waals surface area contributed by atoms with Gasteiger partial charge in [0.1, 0.15) is 0 Å². The normalized spacial score (nSPS) is 10.1. The molecular weight excluding hydrogens is 268 g/mol. The summed E-state index contributed by atoms with van der Waals surface area (Å²) in [6, 6.07) is 9.77. The van der Waals surface area contributed by atoms with Crippen LogP contribution in [0.1, 0.15) is 5.56 Å². The first-order valence-electron chi connectivity index (χ1n) is 6.59. The van der Waals surface area contributed by atoms with E-state index in [9.17, 15) is 0 Å². The van der Waals surface area contributed by atoms with Gasteiger partial charge in [0.15, 0.2) is 23.0 Å². The fourth-order valence-electron chi connectivity index (χ4n) is 2.30. The molecule has 0 aliphatic rings. The highest BCUT2D eigenvalue weighted by molar-refractivity contribution is 5.73. The summed E-state index contributed by atoms with van der Waals surface area (Å²) in [4.78, 5) is 0. The Hall–Kier alpha value is -2.36. The van der Waals surface area contributed by atoms with E-state index in [1.807, 2.05) is 37.3 Å². The fourth-order valence-corrected chi connectivity index (χ4v) is 2.30. The van der Waals surface area contributed by atoms with Crippen molar-refractivity contribution in [3.05, 3.63) is 35.9 Å². The van der Waals surface area contributed by atoms with E-state index in [4.69, 9.17) is 18.9 Å². The van der Waals surface area contributed by atoms with Crippen LogP contribution in [0.3, 0.4) is 0 Å². The predicted molar refractivity (Wildman–Crippen MR) is 82.8 cm³/mol. The zero-order chi connectivity index (χ0) is 15.4. The molecule has 4 nitrogen and oxygen atoms in total. The van der Waals surface area contributed by atoms with E-state index < -0.39 is 0 Å². The van der Waals surface area contributed by atoms with E-state index in [0.29, 0.717) is 17.2 Å². The van der Waals surface area contributed by atoms with Crippen molar-refractivity contribution in [2.75, 3.05) is 28.4 Å². The molecule has 2 rings (SSSR count). The van der Waals surface area contributed by atoms with Crippen LogP contribution in [0, 0.1) is 6.92 Å². The van der Waals surface area contributed by atoms with Crippen LogP contribution in [-0.2, 0) is 0 Å². The van der Waals surface area contributed by atoms with Crippen LogP contribution in [0.15, 0.2) is 30.3 Å². The first kappa shape index (κ1) is 15.0. The van der Waals surface area contributed by atoms with Gasteiger partial charge in [0, 0.05) is 0 Å². The summed E-state index contributed by atoms with van der Waals surface area (Å²) in [6.45, 7) is 2.04. The molecule has 0 aliphatic heterocycles. The van der Waals surface area contributed by atoms with E-state index in [1.54, 1.807) is 28.4 Å². The summed E-state index contributed by atoms with van der Waals surface area (Å²) < 4.78 is 21.3. The van der Waals surface area contributed by atoms with Crippen LogP contribution < -0.4 is 18.9 Å². The number of ether oxygens (including phenoxy) is 4. The Morgan fingerprint density at radius 1 is 0.619 bits per heavy atom. The molecule has 0 unspecified atom stereocenters. The first-order valence-corrected chi connectivity index (χ1v) is 6.59. The van der Waals surface area contributed by atoms with Gasteiger partial charge in [-0.05, 0) is 47.9 Å². The molecule has 21 heavy (non-hydrogen) atoms. The Morgan fingerprint density at radius 2 is 1.14 bits per heavy atom. The van der Waals surface area contributed by atoms with Gasteiger partial charge < -0.3 is 18.9 Å². The number of benzene rings is 2. The Bertz CT molecular complexity index is 635. The lowest BCUT2D eigenvalue weighted by atomic mass is 9.99. The molecule has 0 radical (unpaired) electrons. The fraction of sp³-hybridized carbons (Fsp3) is 0.294. The van der Waals surface area contributed by atoms with Crippen LogP contribution in [-0.4, -0.2) is 28.4 Å². The number of hydrogen-bond donors (Lipinski definition) is 0. The van der Waals surface area contributed by atoms with Crippen molar-refractivity contribution in [2.24, 2.45) is 0 Å². The molecule has 0 N–H and O–H groups in total. The van der Waals surface area contributed by atoms with Crippen molar-refractivity contribution in [3.8, 4) is 34.1 Å². The highest BCUT2D eigenvalue weighted by Gasteiger charge is 2.12. The number of hydrogen-bond acceptors (Lipinski definition) is 4. The maximum atomic E-state index is 5.37. The lowest BCUT2D eigenvalue weighted by molar-refractivity contribution is 0.354. The largest absolute Gasteiger partial charge is 0.493 e. The van der Waals surface area contributed by atoms with Crippen LogP contribution in [0.5, 0.6) is 23.0 Å². The molecular formula is C17H20O4. The zero-order valence-electron chi connectivity index (χ0n) is 13.0. The molecule has 0 aliphatic carbocycles. The van der Waals surface area contributed by atoms with Gasteiger partial charge in [0.25, 0.3) is 0 Å². The lowest BCUT2D eigenvalue weighted by Gasteiger charge is -2.14. The number of rotatable bonds is 5. The molecule has 0 aromatic heterocycles. The van der Waals surface area contributed by atoms with Crippen LogP contribution in [0.2, 0.25) is 0 Å². The van der Waals surface area contributed by atoms with Gasteiger partial charge in [0.05, 0.1) is 28.4 Å². The second-order valence-electron chi connectivity index (χ2n) is 4.59. The smallest absolute Gasteiger partial charge is 0.161 e. The molecule has 0 atom stereocenters. The summed E-state index contributed by atoms with van der Waals surface area (Å²) in [5.74, 6) is 2.83. The van der Waals surface area contributed by atoms with E-state index >= 15 is 0 Å². The minimum atomic E-state index is 0.698. The third-order valence-corrected chi connectivity index (χ3v) is 3.43. The minimum absolute atomic E-state index is 0.698. The van der Waals surface area contributed by atoms with Gasteiger partial charge in [-0.1, -0.05) is 6.07 Å². The van der Waals surface area contributed by atoms with Crippen molar-refractivity contribution in [2.45, 2.75) is 6.92 Å². The molecule has 2 aromatic rings. The monoisotopic (exact) mass is 288 g/mol. The van der Waals surface area contributed by atoms with Crippen molar-refractivity contribution < 1.29 is 18.9 Å². The summed E-state index contributed by atoms with van der Waals surface area (Å²) >= 11 is 0. The highest BCUT2D eigenvalue weighted by Crippen LogP contribution is 2.38. The van der Waals surface area contributed by atoms with Gasteiger partial charge in [-0.25, -0.2) is 0 Å². The third kappa shape index (κ3) is 2.89. The standard InChI is InChI=1S/C17H20O4/c1-11-8-15(19-3)17(21-5)10-13(11)12-6-7-14(18-2)16(9-12)20-4/h6-10H,1-5H3. The summed E-state index contributed by atoms with van der Waals surface area (Å²) in [6.07, 6.45) is 0. The van der Waals surface area contributed by atoms with Gasteiger partial charge in [0.2, 0.25) is 0 Å². The number of methoxy groups -OCH3 is 4. The predicted octanol–water partition coefficient (Wildman–Crippen LogP) is 3.70. The quantitative estimate of drug-likeness (QED) is 0.840. The Balaban J connectivity index is 2.56. The average Bonchev–Trinajstić information content (AvgIpc) is 2.53. The minimum Gasteiger partial charge on any atom is -0.493 e. The molecule has 0 saturated heterocycles. The molecule has 112 valence electrons. The van der Waals surface area contributed by atoms with Gasteiger partial charge in [-0.2, -0.15) is 0 Å². The summed E-state index contributed by atoms with van der Waals surface area (Å²) in [7, 11) is 6.52. The number of aryl methyl sites for hydroxylation is 1. The third-order valence-electron chi connectivity index (χ3n) is 3.43. The van der Waals surface area contributed by atoms with E-state index in [0.717, 1.165) is 22.4 Å². The molecule has 0 heterocycles. The Labute approximate surface area is 125 Å². The molecule has 4 heteroatoms. The van der Waals surface area contributed by atoms with Crippen LogP contribution in [0.4, 0.5) is 0 Å². The Kier molecular flexibility index (Phi) is 4.58. The first-order chi connectivity index (χ1) is 10.1. The van der Waals surface area contributed by atoms with Crippen molar-refractivity contribution in [1.82, 2.24) is 0 Å². The van der Waals surface area contributed by atoms with Crippen molar-refractivity contribution in [1.29, 1.82) is 0 Å². The Morgan fingerprint density at radius 3 is 1.71 bits per heavy atom. The van der Waals surface area contributed by atoms with Crippen molar-refractivity contribution in [3.63, 3.8) is 0 Å². The average molecular weight is 288 g/mol. The van der Waals surface area contributed by atoms with Gasteiger partial charge >= 0.3 is 0 Å². The maximum Gasteiger partial charge on any atom is 0.161 e. The topological polar surface area (TPSA) is 36.9 Å². The molecule has 0 fully saturated rings. The molecule has 0 saturated carbocycles. The lowest BCUT2D eigenvalue weighted by Crippen LogP contribution is -1.95. The van der Waals surface area contributed by atoms with Gasteiger partial charge in [-0.15, -0.1) is 0 Å². The van der Waals surface area contributed by atoms with E-state index in [2.05, 4.69) is 0 Å². The van der Waals surface area contributed by atoms with E-state index in [-0.39, 0.29) is 0 Å². The molecule has 0 spiro atoms. The highest BCUT2D eigenvalue weighted by atomic mass is 16.5.